The first-order valence-electron chi connectivity index (χ1n) is 11.1. The van der Waals surface area contributed by atoms with Gasteiger partial charge in [0.1, 0.15) is 6.61 Å². The van der Waals surface area contributed by atoms with Gasteiger partial charge in [-0.2, -0.15) is 5.10 Å². The van der Waals surface area contributed by atoms with Gasteiger partial charge in [-0.25, -0.2) is 14.6 Å². The Morgan fingerprint density at radius 2 is 1.85 bits per heavy atom. The Morgan fingerprint density at radius 1 is 1.06 bits per heavy atom. The Hall–Kier alpha value is -2.81. The Bertz CT molecular complexity index is 1180. The highest BCUT2D eigenvalue weighted by Gasteiger charge is 2.12. The molecule has 33 heavy (non-hydrogen) atoms. The molecule has 0 aliphatic rings. The molecule has 8 heteroatoms. The van der Waals surface area contributed by atoms with Crippen molar-refractivity contribution in [2.45, 2.75) is 58.9 Å². The van der Waals surface area contributed by atoms with E-state index in [-0.39, 0.29) is 11.4 Å². The van der Waals surface area contributed by atoms with E-state index in [0.717, 1.165) is 27.9 Å². The number of aromatic nitrogens is 5. The molecular weight excluding hydrogens is 432 g/mol. The van der Waals surface area contributed by atoms with Crippen LogP contribution in [0.5, 0.6) is 0 Å². The van der Waals surface area contributed by atoms with Crippen molar-refractivity contribution < 1.29 is 5.11 Å². The predicted molar refractivity (Wildman–Crippen MR) is 136 cm³/mol. The van der Waals surface area contributed by atoms with Crippen LogP contribution in [0.15, 0.2) is 54.9 Å². The lowest BCUT2D eigenvalue weighted by Gasteiger charge is -2.17. The average molecular weight is 465 g/mol. The van der Waals surface area contributed by atoms with Gasteiger partial charge in [-0.15, -0.1) is 0 Å². The van der Waals surface area contributed by atoms with Crippen LogP contribution >= 0.6 is 11.9 Å². The van der Waals surface area contributed by atoms with Crippen molar-refractivity contribution in [1.82, 2.24) is 29.5 Å². The van der Waals surface area contributed by atoms with Crippen molar-refractivity contribution >= 4 is 22.9 Å². The van der Waals surface area contributed by atoms with Gasteiger partial charge in [-0.1, -0.05) is 50.4 Å². The summed E-state index contributed by atoms with van der Waals surface area (Å²) < 4.78 is 5.30. The van der Waals surface area contributed by atoms with Crippen molar-refractivity contribution in [3.63, 3.8) is 0 Å². The predicted octanol–water partition coefficient (Wildman–Crippen LogP) is 5.32. The van der Waals surface area contributed by atoms with Gasteiger partial charge in [0.25, 0.3) is 0 Å². The molecule has 3 heterocycles. The second kappa shape index (κ2) is 11.4. The molecule has 0 spiro atoms. The first kappa shape index (κ1) is 24.8. The summed E-state index contributed by atoms with van der Waals surface area (Å²) in [7, 11) is 0. The Labute approximate surface area is 199 Å². The number of aliphatic hydroxyl groups excluding tert-OH is 1. The number of aliphatic hydroxyl groups is 1. The minimum Gasteiger partial charge on any atom is -0.388 e. The maximum absolute atomic E-state index is 9.33. The molecule has 0 saturated heterocycles. The Kier molecular flexibility index (Phi) is 8.55. The highest BCUT2D eigenvalue weighted by atomic mass is 32.2. The number of hydrogen-bond donors (Lipinski definition) is 2. The van der Waals surface area contributed by atoms with E-state index in [2.05, 4.69) is 66.5 Å². The zero-order valence-corrected chi connectivity index (χ0v) is 20.7. The first-order valence-corrected chi connectivity index (χ1v) is 11.9. The SMILES string of the molecule is CC(C)(C)SNCc1cccc(-c2ccc3cnn(-c4ccnc(CO)n4)c3c2)n1.CCC. The highest BCUT2D eigenvalue weighted by molar-refractivity contribution is 7.98. The van der Waals surface area contributed by atoms with Gasteiger partial charge in [0.15, 0.2) is 11.6 Å². The molecule has 0 bridgehead atoms. The number of nitrogens with zero attached hydrogens (tertiary/aromatic N) is 5. The van der Waals surface area contributed by atoms with Crippen LogP contribution in [0.4, 0.5) is 0 Å². The van der Waals surface area contributed by atoms with Crippen molar-refractivity contribution in [2.24, 2.45) is 0 Å². The van der Waals surface area contributed by atoms with Crippen molar-refractivity contribution in [1.29, 1.82) is 0 Å². The molecule has 0 amide bonds. The van der Waals surface area contributed by atoms with Gasteiger partial charge in [0.05, 0.1) is 23.1 Å². The molecule has 1 aromatic carbocycles. The molecule has 0 saturated carbocycles. The van der Waals surface area contributed by atoms with Crippen LogP contribution in [-0.4, -0.2) is 34.6 Å². The lowest BCUT2D eigenvalue weighted by molar-refractivity contribution is 0.271. The van der Waals surface area contributed by atoms with Gasteiger partial charge >= 0.3 is 0 Å². The largest absolute Gasteiger partial charge is 0.388 e. The van der Waals surface area contributed by atoms with Crippen LogP contribution in [-0.2, 0) is 13.2 Å². The van der Waals surface area contributed by atoms with E-state index in [9.17, 15) is 5.11 Å². The number of rotatable bonds is 6. The topological polar surface area (TPSA) is 88.8 Å². The quantitative estimate of drug-likeness (QED) is 0.373. The highest BCUT2D eigenvalue weighted by Crippen LogP contribution is 2.25. The van der Waals surface area contributed by atoms with Crippen LogP contribution in [0, 0.1) is 0 Å². The standard InChI is InChI=1S/C22H24N6OS.C3H8/c1-22(2,3)30-25-13-17-5-4-6-18(26-17)15-7-8-16-12-24-28(19(16)11-15)21-9-10-23-20(14-29)27-21;1-3-2/h4-12,25,29H,13-14H2,1-3H3;3H2,1-2H3. The Morgan fingerprint density at radius 3 is 2.58 bits per heavy atom. The van der Waals surface area contributed by atoms with Crippen LogP contribution < -0.4 is 4.72 Å². The van der Waals surface area contributed by atoms with E-state index < -0.39 is 0 Å². The third kappa shape index (κ3) is 6.83. The van der Waals surface area contributed by atoms with E-state index in [1.807, 2.05) is 24.3 Å². The zero-order chi connectivity index (χ0) is 23.8. The van der Waals surface area contributed by atoms with Gasteiger partial charge in [-0.05, 0) is 39.0 Å². The fourth-order valence-electron chi connectivity index (χ4n) is 3.01. The number of nitrogens with one attached hydrogen (secondary N) is 1. The zero-order valence-electron chi connectivity index (χ0n) is 19.9. The molecule has 4 aromatic rings. The average Bonchev–Trinajstić information content (AvgIpc) is 3.22. The molecule has 0 fully saturated rings. The normalized spacial score (nSPS) is 11.3. The maximum atomic E-state index is 9.33. The third-order valence-electron chi connectivity index (χ3n) is 4.35. The van der Waals surface area contributed by atoms with Gasteiger partial charge in [0.2, 0.25) is 0 Å². The maximum Gasteiger partial charge on any atom is 0.157 e. The fraction of sp³-hybridized carbons (Fsp3) is 0.360. The van der Waals surface area contributed by atoms with Crippen molar-refractivity contribution in [3.05, 3.63) is 66.4 Å². The molecule has 0 atom stereocenters. The summed E-state index contributed by atoms with van der Waals surface area (Å²) in [5.74, 6) is 0.980. The van der Waals surface area contributed by atoms with Crippen LogP contribution in [0.2, 0.25) is 0 Å². The van der Waals surface area contributed by atoms with Gasteiger partial charge in [-0.3, -0.25) is 9.71 Å². The second-order valence-electron chi connectivity index (χ2n) is 8.58. The lowest BCUT2D eigenvalue weighted by atomic mass is 10.1. The summed E-state index contributed by atoms with van der Waals surface area (Å²) in [6.45, 7) is 11.3. The number of pyridine rings is 1. The molecule has 0 aliphatic carbocycles. The summed E-state index contributed by atoms with van der Waals surface area (Å²) in [4.78, 5) is 13.2. The van der Waals surface area contributed by atoms with E-state index >= 15 is 0 Å². The molecule has 7 nitrogen and oxygen atoms in total. The Balaban J connectivity index is 0.000000968. The van der Waals surface area contributed by atoms with Crippen LogP contribution in [0.1, 0.15) is 52.6 Å². The van der Waals surface area contributed by atoms with E-state index in [1.165, 1.54) is 6.42 Å². The number of hydrogen-bond acceptors (Lipinski definition) is 7. The number of fused-ring (bicyclic) bond motifs is 1. The van der Waals surface area contributed by atoms with Crippen molar-refractivity contribution in [2.75, 3.05) is 0 Å². The third-order valence-corrected chi connectivity index (χ3v) is 5.26. The molecule has 0 radical (unpaired) electrons. The molecule has 0 aliphatic heterocycles. The lowest BCUT2D eigenvalue weighted by Crippen LogP contribution is -2.17. The smallest absolute Gasteiger partial charge is 0.157 e. The number of benzene rings is 1. The molecule has 3 aromatic heterocycles. The summed E-state index contributed by atoms with van der Waals surface area (Å²) >= 11 is 1.70. The first-order chi connectivity index (χ1) is 15.8. The summed E-state index contributed by atoms with van der Waals surface area (Å²) in [5.41, 5.74) is 3.82. The van der Waals surface area contributed by atoms with E-state index in [0.29, 0.717) is 18.2 Å². The monoisotopic (exact) mass is 464 g/mol. The minimum atomic E-state index is -0.212. The molecule has 4 rings (SSSR count). The molecule has 0 unspecified atom stereocenters. The van der Waals surface area contributed by atoms with Crippen molar-refractivity contribution in [3.8, 4) is 17.1 Å². The van der Waals surface area contributed by atoms with Gasteiger partial charge in [0, 0.05) is 34.5 Å². The van der Waals surface area contributed by atoms with E-state index in [1.54, 1.807) is 35.1 Å². The van der Waals surface area contributed by atoms with E-state index in [4.69, 9.17) is 4.98 Å². The summed E-state index contributed by atoms with van der Waals surface area (Å²) in [6.07, 6.45) is 4.68. The summed E-state index contributed by atoms with van der Waals surface area (Å²) in [5, 5.41) is 14.8. The van der Waals surface area contributed by atoms with Crippen LogP contribution in [0.25, 0.3) is 28.0 Å². The molecule has 2 N–H and O–H groups in total. The van der Waals surface area contributed by atoms with Gasteiger partial charge < -0.3 is 5.11 Å². The fourth-order valence-corrected chi connectivity index (χ4v) is 3.66. The summed E-state index contributed by atoms with van der Waals surface area (Å²) in [6, 6.07) is 14.0. The van der Waals surface area contributed by atoms with Crippen LogP contribution in [0.3, 0.4) is 0 Å². The minimum absolute atomic E-state index is 0.151. The molecule has 174 valence electrons. The second-order valence-corrected chi connectivity index (χ2v) is 10.3. The molecular formula is C25H32N6OS.